The van der Waals surface area contributed by atoms with Crippen LogP contribution in [0.1, 0.15) is 10.4 Å². The fraction of sp³-hybridized carbons (Fsp3) is 0. The molecule has 1 heterocycles. The van der Waals surface area contributed by atoms with Crippen molar-refractivity contribution in [3.05, 3.63) is 45.7 Å². The summed E-state index contributed by atoms with van der Waals surface area (Å²) in [5.41, 5.74) is 1.85. The summed E-state index contributed by atoms with van der Waals surface area (Å²) in [6.07, 6.45) is 0.897. The molecule has 2 rings (SSSR count). The molecule has 3 heteroatoms. The fourth-order valence-corrected chi connectivity index (χ4v) is 2.39. The minimum atomic E-state index is 0.761. The number of rotatable bonds is 2. The summed E-state index contributed by atoms with van der Waals surface area (Å²) in [5.74, 6) is 0. The van der Waals surface area contributed by atoms with E-state index in [4.69, 9.17) is 0 Å². The van der Waals surface area contributed by atoms with E-state index in [1.54, 1.807) is 11.3 Å². The van der Waals surface area contributed by atoms with Gasteiger partial charge < -0.3 is 0 Å². The number of carbonyl (C=O) groups excluding carboxylic acids is 1. The van der Waals surface area contributed by atoms with Crippen LogP contribution >= 0.6 is 27.3 Å². The van der Waals surface area contributed by atoms with E-state index in [1.807, 2.05) is 35.7 Å². The molecule has 0 N–H and O–H groups in total. The molecule has 1 nitrogen and oxygen atoms in total. The third-order valence-corrected chi connectivity index (χ3v) is 3.44. The molecule has 0 fully saturated rings. The maximum absolute atomic E-state index is 10.7. The van der Waals surface area contributed by atoms with Gasteiger partial charge in [0.2, 0.25) is 0 Å². The van der Waals surface area contributed by atoms with Gasteiger partial charge in [-0.2, -0.15) is 0 Å². The third kappa shape index (κ3) is 1.79. The van der Waals surface area contributed by atoms with Gasteiger partial charge in [-0.1, -0.05) is 28.1 Å². The molecule has 1 aromatic carbocycles. The van der Waals surface area contributed by atoms with Gasteiger partial charge in [0.15, 0.2) is 6.29 Å². The number of benzene rings is 1. The highest BCUT2D eigenvalue weighted by Gasteiger charge is 2.05. The summed E-state index contributed by atoms with van der Waals surface area (Å²) in [6, 6.07) is 9.80. The van der Waals surface area contributed by atoms with Crippen LogP contribution in [0.4, 0.5) is 0 Å². The van der Waals surface area contributed by atoms with Gasteiger partial charge >= 0.3 is 0 Å². The second kappa shape index (κ2) is 4.07. The third-order valence-electron chi connectivity index (χ3n) is 1.93. The first-order valence-electron chi connectivity index (χ1n) is 4.10. The molecule has 0 amide bonds. The van der Waals surface area contributed by atoms with Crippen molar-refractivity contribution in [1.82, 2.24) is 0 Å². The summed E-state index contributed by atoms with van der Waals surface area (Å²) >= 11 is 4.96. The van der Waals surface area contributed by atoms with E-state index in [9.17, 15) is 4.79 Å². The largest absolute Gasteiger partial charge is 0.298 e. The number of hydrogen-bond acceptors (Lipinski definition) is 2. The number of carbonyl (C=O) groups is 1. The number of thiophene rings is 1. The molecule has 70 valence electrons. The predicted octanol–water partition coefficient (Wildman–Crippen LogP) is 3.99. The summed E-state index contributed by atoms with van der Waals surface area (Å²) in [6.45, 7) is 0. The van der Waals surface area contributed by atoms with Gasteiger partial charge in [0.25, 0.3) is 0 Å². The summed E-state index contributed by atoms with van der Waals surface area (Å²) in [4.78, 5) is 11.8. The van der Waals surface area contributed by atoms with Crippen LogP contribution in [-0.2, 0) is 0 Å². The standard InChI is InChI=1S/C11H7BrOS/c12-10-3-1-8(2-4-10)11-9(7-13)5-6-14-11/h1-7H. The first-order valence-corrected chi connectivity index (χ1v) is 5.77. The highest BCUT2D eigenvalue weighted by Crippen LogP contribution is 2.29. The van der Waals surface area contributed by atoms with Crippen LogP contribution in [0.5, 0.6) is 0 Å². The zero-order valence-electron chi connectivity index (χ0n) is 7.24. The van der Waals surface area contributed by atoms with Gasteiger partial charge in [-0.05, 0) is 29.1 Å². The van der Waals surface area contributed by atoms with Gasteiger partial charge in [0.1, 0.15) is 0 Å². The Bertz CT molecular complexity index is 445. The summed E-state index contributed by atoms with van der Waals surface area (Å²) < 4.78 is 1.05. The highest BCUT2D eigenvalue weighted by molar-refractivity contribution is 9.10. The van der Waals surface area contributed by atoms with Crippen molar-refractivity contribution >= 4 is 33.6 Å². The van der Waals surface area contributed by atoms with E-state index in [1.165, 1.54) is 0 Å². The molecule has 0 unspecified atom stereocenters. The maximum Gasteiger partial charge on any atom is 0.151 e. The maximum atomic E-state index is 10.7. The van der Waals surface area contributed by atoms with Gasteiger partial charge in [-0.25, -0.2) is 0 Å². The Morgan fingerprint density at radius 2 is 1.86 bits per heavy atom. The Balaban J connectivity index is 2.49. The Labute approximate surface area is 94.5 Å². The predicted molar refractivity (Wildman–Crippen MR) is 62.8 cm³/mol. The quantitative estimate of drug-likeness (QED) is 0.752. The first kappa shape index (κ1) is 9.62. The van der Waals surface area contributed by atoms with Crippen molar-refractivity contribution in [2.75, 3.05) is 0 Å². The SMILES string of the molecule is O=Cc1ccsc1-c1ccc(Br)cc1. The van der Waals surface area contributed by atoms with E-state index in [0.29, 0.717) is 0 Å². The van der Waals surface area contributed by atoms with Gasteiger partial charge in [0, 0.05) is 14.9 Å². The van der Waals surface area contributed by atoms with Crippen LogP contribution in [0.3, 0.4) is 0 Å². The molecular formula is C11H7BrOS. The number of halogens is 1. The molecule has 14 heavy (non-hydrogen) atoms. The van der Waals surface area contributed by atoms with E-state index in [0.717, 1.165) is 26.8 Å². The van der Waals surface area contributed by atoms with E-state index in [-0.39, 0.29) is 0 Å². The molecule has 0 saturated heterocycles. The van der Waals surface area contributed by atoms with E-state index < -0.39 is 0 Å². The average Bonchev–Trinajstić information content (AvgIpc) is 2.67. The monoisotopic (exact) mass is 266 g/mol. The average molecular weight is 267 g/mol. The summed E-state index contributed by atoms with van der Waals surface area (Å²) in [5, 5.41) is 1.93. The number of hydrogen-bond donors (Lipinski definition) is 0. The van der Waals surface area contributed by atoms with Crippen LogP contribution in [0.15, 0.2) is 40.2 Å². The van der Waals surface area contributed by atoms with Gasteiger partial charge in [-0.15, -0.1) is 11.3 Å². The fourth-order valence-electron chi connectivity index (χ4n) is 1.25. The molecule has 2 aromatic rings. The number of aldehydes is 1. The van der Waals surface area contributed by atoms with E-state index in [2.05, 4.69) is 15.9 Å². The van der Waals surface area contributed by atoms with Crippen molar-refractivity contribution in [3.63, 3.8) is 0 Å². The zero-order valence-corrected chi connectivity index (χ0v) is 9.64. The molecular weight excluding hydrogens is 260 g/mol. The Morgan fingerprint density at radius 3 is 2.50 bits per heavy atom. The van der Waals surface area contributed by atoms with Crippen LogP contribution in [0, 0.1) is 0 Å². The van der Waals surface area contributed by atoms with Crippen molar-refractivity contribution in [2.24, 2.45) is 0 Å². The van der Waals surface area contributed by atoms with Crippen molar-refractivity contribution in [2.45, 2.75) is 0 Å². The van der Waals surface area contributed by atoms with Gasteiger partial charge in [0.05, 0.1) is 0 Å². The smallest absolute Gasteiger partial charge is 0.151 e. The first-order chi connectivity index (χ1) is 6.81. The molecule has 0 aliphatic carbocycles. The molecule has 0 aliphatic rings. The second-order valence-corrected chi connectivity index (χ2v) is 4.66. The van der Waals surface area contributed by atoms with Gasteiger partial charge in [-0.3, -0.25) is 4.79 Å². The lowest BCUT2D eigenvalue weighted by atomic mass is 10.1. The molecule has 0 atom stereocenters. The molecule has 0 aliphatic heterocycles. The molecule has 0 spiro atoms. The minimum absolute atomic E-state index is 0.761. The lowest BCUT2D eigenvalue weighted by Crippen LogP contribution is -1.79. The topological polar surface area (TPSA) is 17.1 Å². The Kier molecular flexibility index (Phi) is 2.79. The normalized spacial score (nSPS) is 10.1. The van der Waals surface area contributed by atoms with Crippen LogP contribution in [0.2, 0.25) is 0 Å². The Morgan fingerprint density at radius 1 is 1.14 bits per heavy atom. The summed E-state index contributed by atoms with van der Waals surface area (Å²) in [7, 11) is 0. The molecule has 0 radical (unpaired) electrons. The lowest BCUT2D eigenvalue weighted by molar-refractivity contribution is 0.112. The Hall–Kier alpha value is -0.930. The molecule has 0 bridgehead atoms. The molecule has 0 saturated carbocycles. The van der Waals surface area contributed by atoms with Crippen molar-refractivity contribution in [3.8, 4) is 10.4 Å². The lowest BCUT2D eigenvalue weighted by Gasteiger charge is -1.98. The molecule has 1 aromatic heterocycles. The van der Waals surface area contributed by atoms with Crippen LogP contribution < -0.4 is 0 Å². The van der Waals surface area contributed by atoms with Crippen LogP contribution in [-0.4, -0.2) is 6.29 Å². The van der Waals surface area contributed by atoms with E-state index >= 15 is 0 Å². The minimum Gasteiger partial charge on any atom is -0.298 e. The van der Waals surface area contributed by atoms with Crippen molar-refractivity contribution < 1.29 is 4.79 Å². The highest BCUT2D eigenvalue weighted by atomic mass is 79.9. The van der Waals surface area contributed by atoms with Crippen LogP contribution in [0.25, 0.3) is 10.4 Å². The zero-order chi connectivity index (χ0) is 9.97. The van der Waals surface area contributed by atoms with Crippen molar-refractivity contribution in [1.29, 1.82) is 0 Å². The second-order valence-electron chi connectivity index (χ2n) is 2.83.